The van der Waals surface area contributed by atoms with Gasteiger partial charge in [-0.05, 0) is 43.9 Å². The van der Waals surface area contributed by atoms with E-state index in [4.69, 9.17) is 4.52 Å². The molecule has 7 nitrogen and oxygen atoms in total. The van der Waals surface area contributed by atoms with E-state index in [0.717, 1.165) is 11.1 Å². The minimum absolute atomic E-state index is 0.179. The van der Waals surface area contributed by atoms with Crippen LogP contribution >= 0.6 is 0 Å². The molecule has 1 fully saturated rings. The van der Waals surface area contributed by atoms with E-state index < -0.39 is 10.0 Å². The van der Waals surface area contributed by atoms with Gasteiger partial charge in [-0.25, -0.2) is 8.42 Å². The predicted molar refractivity (Wildman–Crippen MR) is 107 cm³/mol. The summed E-state index contributed by atoms with van der Waals surface area (Å²) in [6, 6.07) is 3.89. The third-order valence-corrected chi connectivity index (χ3v) is 7.52. The highest BCUT2D eigenvalue weighted by molar-refractivity contribution is 7.89. The highest BCUT2D eigenvalue weighted by Crippen LogP contribution is 2.29. The second-order valence-electron chi connectivity index (χ2n) is 7.83. The normalized spacial score (nSPS) is 16.8. The van der Waals surface area contributed by atoms with E-state index in [2.05, 4.69) is 30.0 Å². The second kappa shape index (κ2) is 7.85. The quantitative estimate of drug-likeness (QED) is 0.820. The first kappa shape index (κ1) is 20.8. The lowest BCUT2D eigenvalue weighted by atomic mass is 9.95. The summed E-state index contributed by atoms with van der Waals surface area (Å²) in [6.07, 6.45) is 0. The van der Waals surface area contributed by atoms with Gasteiger partial charge in [0.1, 0.15) is 16.3 Å². The number of hydrogen-bond acceptors (Lipinski definition) is 6. The van der Waals surface area contributed by atoms with Gasteiger partial charge in [0.05, 0.1) is 0 Å². The summed E-state index contributed by atoms with van der Waals surface area (Å²) < 4.78 is 32.4. The number of rotatable bonds is 5. The highest BCUT2D eigenvalue weighted by atomic mass is 32.2. The number of phenols is 1. The molecule has 28 heavy (non-hydrogen) atoms. The van der Waals surface area contributed by atoms with E-state index >= 15 is 0 Å². The number of nitrogens with zero attached hydrogens (tertiary/aromatic N) is 3. The molecule has 154 valence electrons. The zero-order chi connectivity index (χ0) is 20.6. The summed E-state index contributed by atoms with van der Waals surface area (Å²) in [6.45, 7) is 12.2. The molecule has 8 heteroatoms. The number of aromatic hydroxyl groups is 1. The van der Waals surface area contributed by atoms with Gasteiger partial charge >= 0.3 is 0 Å². The van der Waals surface area contributed by atoms with E-state index in [1.54, 1.807) is 13.8 Å². The fourth-order valence-corrected chi connectivity index (χ4v) is 5.56. The first-order valence-corrected chi connectivity index (χ1v) is 11.0. The topological polar surface area (TPSA) is 86.9 Å². The van der Waals surface area contributed by atoms with Gasteiger partial charge in [0.25, 0.3) is 0 Å². The summed E-state index contributed by atoms with van der Waals surface area (Å²) >= 11 is 0. The van der Waals surface area contributed by atoms with Gasteiger partial charge in [0, 0.05) is 38.3 Å². The SMILES string of the molecule is Cc1cc(O)c(CN2CCN(S(=O)(=O)c3c(C)noc3C)CC2)cc1C(C)C. The van der Waals surface area contributed by atoms with Crippen LogP contribution in [0.2, 0.25) is 0 Å². The Hall–Kier alpha value is -1.90. The molecular formula is C20H29N3O4S. The van der Waals surface area contributed by atoms with Gasteiger partial charge in [-0.1, -0.05) is 25.1 Å². The number of piperazine rings is 1. The molecule has 1 aromatic carbocycles. The molecule has 0 spiro atoms. The second-order valence-corrected chi connectivity index (χ2v) is 9.70. The minimum atomic E-state index is -3.61. The maximum absolute atomic E-state index is 12.9. The van der Waals surface area contributed by atoms with Crippen molar-refractivity contribution < 1.29 is 18.0 Å². The molecule has 1 N–H and O–H groups in total. The van der Waals surface area contributed by atoms with Crippen molar-refractivity contribution in [3.8, 4) is 5.75 Å². The number of benzene rings is 1. The average Bonchev–Trinajstić information content (AvgIpc) is 2.96. The monoisotopic (exact) mass is 407 g/mol. The highest BCUT2D eigenvalue weighted by Gasteiger charge is 2.33. The van der Waals surface area contributed by atoms with Gasteiger partial charge in [-0.3, -0.25) is 4.90 Å². The van der Waals surface area contributed by atoms with Crippen LogP contribution in [0.1, 0.15) is 47.9 Å². The van der Waals surface area contributed by atoms with Crippen molar-refractivity contribution in [3.05, 3.63) is 40.3 Å². The Kier molecular flexibility index (Phi) is 5.84. The Morgan fingerprint density at radius 2 is 1.79 bits per heavy atom. The Labute approximate surface area is 167 Å². The maximum atomic E-state index is 12.9. The summed E-state index contributed by atoms with van der Waals surface area (Å²) in [5, 5.41) is 14.1. The molecule has 3 rings (SSSR count). The van der Waals surface area contributed by atoms with Crippen molar-refractivity contribution >= 4 is 10.0 Å². The number of aromatic nitrogens is 1. The van der Waals surface area contributed by atoms with Crippen molar-refractivity contribution in [2.75, 3.05) is 26.2 Å². The summed E-state index contributed by atoms with van der Waals surface area (Å²) in [7, 11) is -3.61. The fraction of sp³-hybridized carbons (Fsp3) is 0.550. The largest absolute Gasteiger partial charge is 0.508 e. The van der Waals surface area contributed by atoms with E-state index in [1.165, 1.54) is 9.87 Å². The lowest BCUT2D eigenvalue weighted by Crippen LogP contribution is -2.48. The van der Waals surface area contributed by atoms with Crippen LogP contribution < -0.4 is 0 Å². The Balaban J connectivity index is 1.71. The fourth-order valence-electron chi connectivity index (χ4n) is 3.85. The summed E-state index contributed by atoms with van der Waals surface area (Å²) in [4.78, 5) is 2.35. The number of sulfonamides is 1. The Bertz CT molecular complexity index is 939. The third kappa shape index (κ3) is 3.94. The average molecular weight is 408 g/mol. The van der Waals surface area contributed by atoms with Crippen LogP contribution in [0.25, 0.3) is 0 Å². The molecule has 0 radical (unpaired) electrons. The smallest absolute Gasteiger partial charge is 0.248 e. The summed E-state index contributed by atoms with van der Waals surface area (Å²) in [5.41, 5.74) is 3.60. The third-order valence-electron chi connectivity index (χ3n) is 5.38. The molecule has 1 aliphatic rings. The molecule has 2 heterocycles. The molecule has 2 aromatic rings. The molecule has 0 aliphatic carbocycles. The predicted octanol–water partition coefficient (Wildman–Crippen LogP) is 2.94. The van der Waals surface area contributed by atoms with Crippen LogP contribution in [0, 0.1) is 20.8 Å². The van der Waals surface area contributed by atoms with Crippen molar-refractivity contribution in [1.29, 1.82) is 0 Å². The van der Waals surface area contributed by atoms with E-state index in [-0.39, 0.29) is 4.90 Å². The molecule has 0 atom stereocenters. The number of aryl methyl sites for hydroxylation is 3. The standard InChI is InChI=1S/C20H29N3O4S/c1-13(2)18-11-17(19(24)10-14(18)3)12-22-6-8-23(9-7-22)28(25,26)20-15(4)21-27-16(20)5/h10-11,13,24H,6-9,12H2,1-5H3. The van der Waals surface area contributed by atoms with Crippen LogP contribution in [0.5, 0.6) is 5.75 Å². The van der Waals surface area contributed by atoms with Crippen molar-refractivity contribution in [2.24, 2.45) is 0 Å². The van der Waals surface area contributed by atoms with Crippen molar-refractivity contribution in [1.82, 2.24) is 14.4 Å². The molecule has 0 saturated carbocycles. The summed E-state index contributed by atoms with van der Waals surface area (Å²) in [5.74, 6) is 1.01. The van der Waals surface area contributed by atoms with E-state index in [0.29, 0.717) is 55.8 Å². The van der Waals surface area contributed by atoms with Gasteiger partial charge in [0.2, 0.25) is 10.0 Å². The number of phenolic OH excluding ortho intramolecular Hbond substituents is 1. The van der Waals surface area contributed by atoms with Crippen LogP contribution in [-0.2, 0) is 16.6 Å². The van der Waals surface area contributed by atoms with Crippen molar-refractivity contribution in [3.63, 3.8) is 0 Å². The van der Waals surface area contributed by atoms with Crippen LogP contribution in [0.15, 0.2) is 21.6 Å². The van der Waals surface area contributed by atoms with Crippen LogP contribution in [0.3, 0.4) is 0 Å². The van der Waals surface area contributed by atoms with Crippen LogP contribution in [-0.4, -0.2) is 54.1 Å². The molecule has 0 bridgehead atoms. The van der Waals surface area contributed by atoms with E-state index in [9.17, 15) is 13.5 Å². The first-order chi connectivity index (χ1) is 13.1. The zero-order valence-electron chi connectivity index (χ0n) is 17.2. The molecule has 0 unspecified atom stereocenters. The van der Waals surface area contributed by atoms with Crippen LogP contribution in [0.4, 0.5) is 0 Å². The maximum Gasteiger partial charge on any atom is 0.248 e. The van der Waals surface area contributed by atoms with Crippen molar-refractivity contribution in [2.45, 2.75) is 52.0 Å². The molecule has 0 amide bonds. The Morgan fingerprint density at radius 3 is 2.32 bits per heavy atom. The first-order valence-electron chi connectivity index (χ1n) is 9.59. The van der Waals surface area contributed by atoms with Gasteiger partial charge in [0.15, 0.2) is 5.76 Å². The minimum Gasteiger partial charge on any atom is -0.508 e. The lowest BCUT2D eigenvalue weighted by Gasteiger charge is -2.34. The molecule has 1 aliphatic heterocycles. The van der Waals surface area contributed by atoms with Gasteiger partial charge < -0.3 is 9.63 Å². The van der Waals surface area contributed by atoms with E-state index in [1.807, 2.05) is 13.0 Å². The lowest BCUT2D eigenvalue weighted by molar-refractivity contribution is 0.180. The molecular weight excluding hydrogens is 378 g/mol. The number of hydrogen-bond donors (Lipinski definition) is 1. The molecule has 1 aromatic heterocycles. The van der Waals surface area contributed by atoms with Gasteiger partial charge in [-0.15, -0.1) is 0 Å². The Morgan fingerprint density at radius 1 is 1.14 bits per heavy atom. The molecule has 1 saturated heterocycles. The van der Waals surface area contributed by atoms with Gasteiger partial charge in [-0.2, -0.15) is 4.31 Å². The zero-order valence-corrected chi connectivity index (χ0v) is 18.0.